The second-order valence-electron chi connectivity index (χ2n) is 4.95. The normalized spacial score (nSPS) is 18.6. The van der Waals surface area contributed by atoms with Crippen molar-refractivity contribution in [1.29, 1.82) is 0 Å². The van der Waals surface area contributed by atoms with Crippen molar-refractivity contribution in [3.05, 3.63) is 17.3 Å². The molecule has 2 N–H and O–H groups in total. The van der Waals surface area contributed by atoms with E-state index in [1.54, 1.807) is 12.3 Å². The molecule has 17 heavy (non-hydrogen) atoms. The maximum absolute atomic E-state index is 6.20. The molecule has 0 aromatic carbocycles. The second kappa shape index (κ2) is 4.73. The Kier molecular flexibility index (Phi) is 3.48. The van der Waals surface area contributed by atoms with Crippen molar-refractivity contribution >= 4 is 23.1 Å². The molecule has 1 aliphatic rings. The van der Waals surface area contributed by atoms with Crippen molar-refractivity contribution in [2.75, 3.05) is 23.7 Å². The molecule has 0 amide bonds. The number of hydrogen-bond acceptors (Lipinski definition) is 3. The fourth-order valence-electron chi connectivity index (χ4n) is 2.62. The Morgan fingerprint density at radius 3 is 2.71 bits per heavy atom. The number of nitrogen functional groups attached to an aromatic ring is 1. The molecule has 4 heteroatoms. The van der Waals surface area contributed by atoms with Crippen molar-refractivity contribution < 1.29 is 0 Å². The maximum Gasteiger partial charge on any atom is 0.147 e. The highest BCUT2D eigenvalue weighted by molar-refractivity contribution is 6.33. The van der Waals surface area contributed by atoms with Gasteiger partial charge in [-0.3, -0.25) is 0 Å². The van der Waals surface area contributed by atoms with Gasteiger partial charge in [0.2, 0.25) is 0 Å². The van der Waals surface area contributed by atoms with Gasteiger partial charge in [0, 0.05) is 13.1 Å². The van der Waals surface area contributed by atoms with E-state index in [1.807, 2.05) is 0 Å². The molecule has 0 spiro atoms. The van der Waals surface area contributed by atoms with Crippen LogP contribution in [0.4, 0.5) is 11.5 Å². The van der Waals surface area contributed by atoms with Crippen LogP contribution in [0.2, 0.25) is 5.02 Å². The standard InChI is InChI=1S/C13H20ClN3/c1-3-13(4-2)5-6-17(9-13)12-11(14)7-10(15)8-16-12/h7-8H,3-6,9,15H2,1-2H3. The average Bonchev–Trinajstić information content (AvgIpc) is 2.74. The summed E-state index contributed by atoms with van der Waals surface area (Å²) in [4.78, 5) is 6.65. The molecule has 0 saturated carbocycles. The van der Waals surface area contributed by atoms with E-state index in [4.69, 9.17) is 17.3 Å². The van der Waals surface area contributed by atoms with Crippen molar-refractivity contribution in [1.82, 2.24) is 4.98 Å². The van der Waals surface area contributed by atoms with Crippen molar-refractivity contribution in [2.45, 2.75) is 33.1 Å². The Bertz CT molecular complexity index is 402. The predicted molar refractivity (Wildman–Crippen MR) is 73.5 cm³/mol. The zero-order chi connectivity index (χ0) is 12.5. The van der Waals surface area contributed by atoms with E-state index in [0.29, 0.717) is 16.1 Å². The lowest BCUT2D eigenvalue weighted by Crippen LogP contribution is -2.26. The van der Waals surface area contributed by atoms with Crippen LogP contribution in [-0.2, 0) is 0 Å². The van der Waals surface area contributed by atoms with E-state index in [9.17, 15) is 0 Å². The van der Waals surface area contributed by atoms with Crippen LogP contribution in [0.5, 0.6) is 0 Å². The highest BCUT2D eigenvalue weighted by atomic mass is 35.5. The minimum Gasteiger partial charge on any atom is -0.397 e. The van der Waals surface area contributed by atoms with Crippen molar-refractivity contribution in [3.63, 3.8) is 0 Å². The summed E-state index contributed by atoms with van der Waals surface area (Å²) in [5, 5.41) is 0.660. The number of nitrogens with zero attached hydrogens (tertiary/aromatic N) is 2. The van der Waals surface area contributed by atoms with Crippen LogP contribution >= 0.6 is 11.6 Å². The number of pyridine rings is 1. The Labute approximate surface area is 108 Å². The predicted octanol–water partition coefficient (Wildman–Crippen LogP) is 3.33. The fraction of sp³-hybridized carbons (Fsp3) is 0.615. The van der Waals surface area contributed by atoms with Crippen LogP contribution in [0.15, 0.2) is 12.3 Å². The van der Waals surface area contributed by atoms with E-state index in [1.165, 1.54) is 19.3 Å². The van der Waals surface area contributed by atoms with E-state index in [-0.39, 0.29) is 0 Å². The summed E-state index contributed by atoms with van der Waals surface area (Å²) in [6.45, 7) is 6.63. The zero-order valence-electron chi connectivity index (χ0n) is 10.5. The third-order valence-electron chi connectivity index (χ3n) is 4.08. The molecule has 1 aliphatic heterocycles. The topological polar surface area (TPSA) is 42.2 Å². The average molecular weight is 254 g/mol. The molecule has 2 rings (SSSR count). The van der Waals surface area contributed by atoms with E-state index in [2.05, 4.69) is 23.7 Å². The molecule has 1 aromatic heterocycles. The molecule has 3 nitrogen and oxygen atoms in total. The van der Waals surface area contributed by atoms with Gasteiger partial charge in [-0.2, -0.15) is 0 Å². The van der Waals surface area contributed by atoms with Crippen LogP contribution in [0, 0.1) is 5.41 Å². The van der Waals surface area contributed by atoms with Crippen molar-refractivity contribution in [2.24, 2.45) is 5.41 Å². The number of nitrogens with two attached hydrogens (primary N) is 1. The second-order valence-corrected chi connectivity index (χ2v) is 5.36. The molecule has 94 valence electrons. The molecule has 0 bridgehead atoms. The molecule has 0 aliphatic carbocycles. The Balaban J connectivity index is 2.20. The van der Waals surface area contributed by atoms with Gasteiger partial charge >= 0.3 is 0 Å². The van der Waals surface area contributed by atoms with Crippen LogP contribution < -0.4 is 10.6 Å². The fourth-order valence-corrected chi connectivity index (χ4v) is 2.92. The molecular weight excluding hydrogens is 234 g/mol. The summed E-state index contributed by atoms with van der Waals surface area (Å²) >= 11 is 6.20. The third-order valence-corrected chi connectivity index (χ3v) is 4.36. The van der Waals surface area contributed by atoms with Crippen molar-refractivity contribution in [3.8, 4) is 0 Å². The van der Waals surface area contributed by atoms with Crippen LogP contribution in [0.1, 0.15) is 33.1 Å². The number of hydrogen-bond donors (Lipinski definition) is 1. The van der Waals surface area contributed by atoms with E-state index < -0.39 is 0 Å². The first-order valence-corrected chi connectivity index (χ1v) is 6.64. The van der Waals surface area contributed by atoms with Crippen LogP contribution in [0.25, 0.3) is 0 Å². The molecule has 1 aromatic rings. The Morgan fingerprint density at radius 1 is 1.47 bits per heavy atom. The maximum atomic E-state index is 6.20. The minimum atomic E-state index is 0.437. The highest BCUT2D eigenvalue weighted by Crippen LogP contribution is 2.40. The molecule has 2 heterocycles. The molecule has 0 unspecified atom stereocenters. The largest absolute Gasteiger partial charge is 0.397 e. The number of aromatic nitrogens is 1. The van der Waals surface area contributed by atoms with E-state index in [0.717, 1.165) is 18.9 Å². The van der Waals surface area contributed by atoms with Gasteiger partial charge in [-0.15, -0.1) is 0 Å². The van der Waals surface area contributed by atoms with Gasteiger partial charge in [0.1, 0.15) is 5.82 Å². The first-order valence-electron chi connectivity index (χ1n) is 6.26. The number of anilines is 2. The van der Waals surface area contributed by atoms with Gasteiger partial charge in [0.05, 0.1) is 16.9 Å². The summed E-state index contributed by atoms with van der Waals surface area (Å²) in [5.41, 5.74) is 6.72. The molecule has 0 atom stereocenters. The summed E-state index contributed by atoms with van der Waals surface area (Å²) < 4.78 is 0. The van der Waals surface area contributed by atoms with Crippen LogP contribution in [0.3, 0.4) is 0 Å². The lowest BCUT2D eigenvalue weighted by Gasteiger charge is -2.27. The zero-order valence-corrected chi connectivity index (χ0v) is 11.3. The summed E-state index contributed by atoms with van der Waals surface area (Å²) in [5.74, 6) is 0.879. The first kappa shape index (κ1) is 12.5. The summed E-state index contributed by atoms with van der Waals surface area (Å²) in [7, 11) is 0. The monoisotopic (exact) mass is 253 g/mol. The van der Waals surface area contributed by atoms with E-state index >= 15 is 0 Å². The summed E-state index contributed by atoms with van der Waals surface area (Å²) in [6, 6.07) is 1.78. The number of halogens is 1. The molecule has 1 saturated heterocycles. The summed E-state index contributed by atoms with van der Waals surface area (Å²) in [6.07, 6.45) is 5.33. The minimum absolute atomic E-state index is 0.437. The van der Waals surface area contributed by atoms with Gasteiger partial charge in [-0.05, 0) is 30.7 Å². The van der Waals surface area contributed by atoms with Gasteiger partial charge in [-0.1, -0.05) is 25.4 Å². The van der Waals surface area contributed by atoms with Gasteiger partial charge in [0.25, 0.3) is 0 Å². The lowest BCUT2D eigenvalue weighted by molar-refractivity contribution is 0.301. The van der Waals surface area contributed by atoms with Gasteiger partial charge in [-0.25, -0.2) is 4.98 Å². The SMILES string of the molecule is CCC1(CC)CCN(c2ncc(N)cc2Cl)C1. The van der Waals surface area contributed by atoms with Crippen LogP contribution in [-0.4, -0.2) is 18.1 Å². The third kappa shape index (κ3) is 2.34. The molecule has 1 fully saturated rings. The van der Waals surface area contributed by atoms with Gasteiger partial charge < -0.3 is 10.6 Å². The first-order chi connectivity index (χ1) is 8.10. The lowest BCUT2D eigenvalue weighted by atomic mass is 9.82. The Morgan fingerprint density at radius 2 is 2.18 bits per heavy atom. The molecule has 0 radical (unpaired) electrons. The number of rotatable bonds is 3. The molecular formula is C13H20ClN3. The smallest absolute Gasteiger partial charge is 0.147 e. The highest BCUT2D eigenvalue weighted by Gasteiger charge is 2.35. The Hall–Kier alpha value is -0.960. The quantitative estimate of drug-likeness (QED) is 0.899. The van der Waals surface area contributed by atoms with Gasteiger partial charge in [0.15, 0.2) is 0 Å².